The lowest BCUT2D eigenvalue weighted by Crippen LogP contribution is -2.50. The number of hydrogen-bond donors (Lipinski definition) is 1. The van der Waals surface area contributed by atoms with E-state index in [4.69, 9.17) is 4.74 Å². The predicted octanol–water partition coefficient (Wildman–Crippen LogP) is -0.556. The van der Waals surface area contributed by atoms with Crippen LogP contribution in [0.5, 0.6) is 0 Å². The largest absolute Gasteiger partial charge is 0.374 e. The van der Waals surface area contributed by atoms with Gasteiger partial charge in [-0.2, -0.15) is 0 Å². The molecule has 2 heterocycles. The van der Waals surface area contributed by atoms with E-state index in [0.717, 1.165) is 13.1 Å². The Balaban J connectivity index is 1.97. The highest BCUT2D eigenvalue weighted by molar-refractivity contribution is 5.89. The third-order valence-electron chi connectivity index (χ3n) is 3.73. The number of rotatable bonds is 3. The Morgan fingerprint density at radius 2 is 2.16 bits per heavy atom. The Kier molecular flexibility index (Phi) is 4.76. The number of hydrogen-bond acceptors (Lipinski definition) is 4. The van der Waals surface area contributed by atoms with Crippen molar-refractivity contribution < 1.29 is 14.3 Å². The number of carbonyl (C=O) groups excluding carboxylic acids is 2. The first kappa shape index (κ1) is 14.3. The normalized spacial score (nSPS) is 30.1. The van der Waals surface area contributed by atoms with Crippen LogP contribution in [0.4, 0.5) is 0 Å². The quantitative estimate of drug-likeness (QED) is 0.746. The predicted molar refractivity (Wildman–Crippen MR) is 70.7 cm³/mol. The lowest BCUT2D eigenvalue weighted by Gasteiger charge is -2.34. The summed E-state index contributed by atoms with van der Waals surface area (Å²) in [5.41, 5.74) is 0. The van der Waals surface area contributed by atoms with Crippen LogP contribution in [-0.4, -0.2) is 73.6 Å². The minimum Gasteiger partial charge on any atom is -0.374 e. The lowest BCUT2D eigenvalue weighted by atomic mass is 10.2. The maximum Gasteiger partial charge on any atom is 0.245 e. The van der Waals surface area contributed by atoms with Crippen molar-refractivity contribution in [2.75, 3.05) is 39.8 Å². The third kappa shape index (κ3) is 3.67. The lowest BCUT2D eigenvalue weighted by molar-refractivity contribution is -0.136. The average Bonchev–Trinajstić information content (AvgIpc) is 2.52. The molecule has 2 atom stereocenters. The van der Waals surface area contributed by atoms with Gasteiger partial charge in [-0.05, 0) is 13.5 Å². The summed E-state index contributed by atoms with van der Waals surface area (Å²) in [6, 6.07) is -0.378. The molecule has 1 N–H and O–H groups in total. The van der Waals surface area contributed by atoms with Crippen molar-refractivity contribution >= 4 is 11.8 Å². The summed E-state index contributed by atoms with van der Waals surface area (Å²) in [5.74, 6) is -0.0189. The number of carbonyl (C=O) groups is 2. The zero-order valence-electron chi connectivity index (χ0n) is 11.7. The van der Waals surface area contributed by atoms with Gasteiger partial charge in [0, 0.05) is 32.6 Å². The summed E-state index contributed by atoms with van der Waals surface area (Å²) in [6.45, 7) is 5.46. The van der Waals surface area contributed by atoms with Crippen LogP contribution in [0.3, 0.4) is 0 Å². The van der Waals surface area contributed by atoms with Crippen LogP contribution < -0.4 is 5.32 Å². The molecule has 0 aliphatic carbocycles. The molecule has 0 aromatic carbocycles. The van der Waals surface area contributed by atoms with E-state index < -0.39 is 0 Å². The molecule has 2 amide bonds. The SMILES string of the molecule is CCC1NC(=O)CCN(CC2CN(C)CCO2)C1=O. The van der Waals surface area contributed by atoms with Crippen molar-refractivity contribution in [3.05, 3.63) is 0 Å². The van der Waals surface area contributed by atoms with Gasteiger partial charge in [0.05, 0.1) is 12.7 Å². The van der Waals surface area contributed by atoms with E-state index >= 15 is 0 Å². The molecule has 2 saturated heterocycles. The zero-order chi connectivity index (χ0) is 13.8. The third-order valence-corrected chi connectivity index (χ3v) is 3.73. The van der Waals surface area contributed by atoms with Gasteiger partial charge in [0.2, 0.25) is 11.8 Å². The fourth-order valence-corrected chi connectivity index (χ4v) is 2.58. The summed E-state index contributed by atoms with van der Waals surface area (Å²) in [7, 11) is 2.06. The molecular formula is C13H23N3O3. The van der Waals surface area contributed by atoms with Gasteiger partial charge in [-0.15, -0.1) is 0 Å². The van der Waals surface area contributed by atoms with E-state index in [9.17, 15) is 9.59 Å². The molecule has 2 unspecified atom stereocenters. The molecule has 2 fully saturated rings. The van der Waals surface area contributed by atoms with E-state index in [1.165, 1.54) is 0 Å². The van der Waals surface area contributed by atoms with Gasteiger partial charge in [0.15, 0.2) is 0 Å². The molecular weight excluding hydrogens is 246 g/mol. The summed E-state index contributed by atoms with van der Waals surface area (Å²) in [6.07, 6.45) is 1.06. The molecule has 0 radical (unpaired) electrons. The molecule has 0 aromatic heterocycles. The summed E-state index contributed by atoms with van der Waals surface area (Å²) < 4.78 is 5.70. The van der Waals surface area contributed by atoms with Gasteiger partial charge < -0.3 is 19.9 Å². The first-order valence-electron chi connectivity index (χ1n) is 6.98. The molecule has 0 spiro atoms. The monoisotopic (exact) mass is 269 g/mol. The first-order chi connectivity index (χ1) is 9.10. The van der Waals surface area contributed by atoms with E-state index in [-0.39, 0.29) is 24.0 Å². The Morgan fingerprint density at radius 1 is 1.37 bits per heavy atom. The van der Waals surface area contributed by atoms with Gasteiger partial charge in [0.1, 0.15) is 6.04 Å². The van der Waals surface area contributed by atoms with Gasteiger partial charge in [-0.3, -0.25) is 9.59 Å². The highest BCUT2D eigenvalue weighted by Gasteiger charge is 2.31. The molecule has 0 saturated carbocycles. The van der Waals surface area contributed by atoms with Crippen LogP contribution in [-0.2, 0) is 14.3 Å². The molecule has 2 rings (SSSR count). The van der Waals surface area contributed by atoms with Crippen LogP contribution in [0.25, 0.3) is 0 Å². The number of likely N-dealkylation sites (N-methyl/N-ethyl adjacent to an activating group) is 1. The maximum atomic E-state index is 12.3. The Hall–Kier alpha value is -1.14. The number of morpholine rings is 1. The number of ether oxygens (including phenoxy) is 1. The van der Waals surface area contributed by atoms with Crippen molar-refractivity contribution in [1.29, 1.82) is 0 Å². The number of nitrogens with zero attached hydrogens (tertiary/aromatic N) is 2. The summed E-state index contributed by atoms with van der Waals surface area (Å²) >= 11 is 0. The average molecular weight is 269 g/mol. The molecule has 6 nitrogen and oxygen atoms in total. The second-order valence-corrected chi connectivity index (χ2v) is 5.32. The number of amides is 2. The second kappa shape index (κ2) is 6.34. The highest BCUT2D eigenvalue weighted by Crippen LogP contribution is 2.11. The number of nitrogens with one attached hydrogen (secondary N) is 1. The van der Waals surface area contributed by atoms with E-state index in [1.807, 2.05) is 6.92 Å². The summed E-state index contributed by atoms with van der Waals surface area (Å²) in [5, 5.41) is 2.77. The Morgan fingerprint density at radius 3 is 2.84 bits per heavy atom. The molecule has 2 aliphatic rings. The summed E-state index contributed by atoms with van der Waals surface area (Å²) in [4.78, 5) is 27.9. The molecule has 2 aliphatic heterocycles. The fourth-order valence-electron chi connectivity index (χ4n) is 2.58. The molecule has 6 heteroatoms. The van der Waals surface area contributed by atoms with E-state index in [2.05, 4.69) is 17.3 Å². The first-order valence-corrected chi connectivity index (χ1v) is 6.98. The Labute approximate surface area is 114 Å². The molecule has 108 valence electrons. The molecule has 19 heavy (non-hydrogen) atoms. The maximum absolute atomic E-state index is 12.3. The van der Waals surface area contributed by atoms with Crippen LogP contribution in [0.15, 0.2) is 0 Å². The van der Waals surface area contributed by atoms with Gasteiger partial charge in [-0.1, -0.05) is 6.92 Å². The van der Waals surface area contributed by atoms with Crippen molar-refractivity contribution in [3.8, 4) is 0 Å². The van der Waals surface area contributed by atoms with Crippen molar-refractivity contribution in [2.24, 2.45) is 0 Å². The fraction of sp³-hybridized carbons (Fsp3) is 0.846. The van der Waals surface area contributed by atoms with Crippen molar-refractivity contribution in [3.63, 3.8) is 0 Å². The van der Waals surface area contributed by atoms with Crippen LogP contribution in [0.1, 0.15) is 19.8 Å². The van der Waals surface area contributed by atoms with E-state index in [1.54, 1.807) is 4.90 Å². The smallest absolute Gasteiger partial charge is 0.245 e. The van der Waals surface area contributed by atoms with Crippen LogP contribution in [0, 0.1) is 0 Å². The van der Waals surface area contributed by atoms with Crippen molar-refractivity contribution in [2.45, 2.75) is 31.9 Å². The van der Waals surface area contributed by atoms with E-state index in [0.29, 0.717) is 32.5 Å². The van der Waals surface area contributed by atoms with Crippen LogP contribution in [0.2, 0.25) is 0 Å². The van der Waals surface area contributed by atoms with Gasteiger partial charge >= 0.3 is 0 Å². The van der Waals surface area contributed by atoms with Gasteiger partial charge in [0.25, 0.3) is 0 Å². The highest BCUT2D eigenvalue weighted by atomic mass is 16.5. The van der Waals surface area contributed by atoms with Crippen LogP contribution >= 0.6 is 0 Å². The molecule has 0 bridgehead atoms. The minimum absolute atomic E-state index is 0.0187. The molecule has 0 aromatic rings. The second-order valence-electron chi connectivity index (χ2n) is 5.32. The topological polar surface area (TPSA) is 61.9 Å². The standard InChI is InChI=1S/C13H23N3O3/c1-3-11-13(18)16(5-4-12(17)14-11)9-10-8-15(2)6-7-19-10/h10-11H,3-9H2,1-2H3,(H,14,17). The van der Waals surface area contributed by atoms with Gasteiger partial charge in [-0.25, -0.2) is 0 Å². The Bertz CT molecular complexity index is 348. The zero-order valence-corrected chi connectivity index (χ0v) is 11.7. The minimum atomic E-state index is -0.378. The van der Waals surface area contributed by atoms with Crippen molar-refractivity contribution in [1.82, 2.24) is 15.1 Å².